The van der Waals surface area contributed by atoms with E-state index < -0.39 is 0 Å². The second kappa shape index (κ2) is 8.98. The van der Waals surface area contributed by atoms with Gasteiger partial charge in [0.1, 0.15) is 6.54 Å². The third-order valence-corrected chi connectivity index (χ3v) is 5.48. The second-order valence-electron chi connectivity index (χ2n) is 7.43. The van der Waals surface area contributed by atoms with Crippen LogP contribution < -0.4 is 10.2 Å². The van der Waals surface area contributed by atoms with Crippen LogP contribution in [-0.2, 0) is 6.54 Å². The van der Waals surface area contributed by atoms with Gasteiger partial charge in [0.2, 0.25) is 0 Å². The average Bonchev–Trinajstić information content (AvgIpc) is 2.69. The van der Waals surface area contributed by atoms with Gasteiger partial charge >= 0.3 is 0 Å². The van der Waals surface area contributed by atoms with Gasteiger partial charge in [0.15, 0.2) is 5.11 Å². The van der Waals surface area contributed by atoms with E-state index in [4.69, 9.17) is 17.5 Å². The summed E-state index contributed by atoms with van der Waals surface area (Å²) >= 11 is 5.61. The van der Waals surface area contributed by atoms with Crippen LogP contribution in [0.3, 0.4) is 0 Å². The first-order valence-corrected chi connectivity index (χ1v) is 9.94. The van der Waals surface area contributed by atoms with E-state index in [0.29, 0.717) is 5.92 Å². The SMILES string of the molecule is CC(C)c1ccc(NC(=S)N2CC[NH+](Cc3ccc(C#N)cc3)CC2)cc1. The number of nitrogens with one attached hydrogen (secondary N) is 2. The summed E-state index contributed by atoms with van der Waals surface area (Å²) in [5, 5.41) is 13.1. The molecule has 1 saturated heterocycles. The molecule has 0 saturated carbocycles. The van der Waals surface area contributed by atoms with Gasteiger partial charge < -0.3 is 15.1 Å². The van der Waals surface area contributed by atoms with E-state index in [9.17, 15) is 0 Å². The van der Waals surface area contributed by atoms with Crippen LogP contribution in [0.15, 0.2) is 48.5 Å². The van der Waals surface area contributed by atoms with Crippen molar-refractivity contribution in [2.45, 2.75) is 26.3 Å². The number of hydrogen-bond acceptors (Lipinski definition) is 2. The summed E-state index contributed by atoms with van der Waals surface area (Å²) in [4.78, 5) is 3.81. The normalized spacial score (nSPS) is 14.8. The molecule has 0 aromatic heterocycles. The molecule has 2 aromatic carbocycles. The fraction of sp³-hybridized carbons (Fsp3) is 0.364. The summed E-state index contributed by atoms with van der Waals surface area (Å²) in [5.74, 6) is 0.540. The van der Waals surface area contributed by atoms with Gasteiger partial charge in [0.25, 0.3) is 0 Å². The quantitative estimate of drug-likeness (QED) is 0.802. The number of nitriles is 1. The Morgan fingerprint density at radius 3 is 2.30 bits per heavy atom. The van der Waals surface area contributed by atoms with Gasteiger partial charge in [0, 0.05) is 11.3 Å². The number of thiocarbonyl (C=S) groups is 1. The molecule has 0 amide bonds. The van der Waals surface area contributed by atoms with E-state index in [2.05, 4.69) is 66.5 Å². The Labute approximate surface area is 167 Å². The molecule has 0 aliphatic carbocycles. The summed E-state index contributed by atoms with van der Waals surface area (Å²) in [6.45, 7) is 9.45. The molecule has 1 aliphatic rings. The molecule has 3 rings (SSSR count). The van der Waals surface area contributed by atoms with Crippen molar-refractivity contribution in [3.8, 4) is 6.07 Å². The number of nitrogens with zero attached hydrogens (tertiary/aromatic N) is 2. The largest absolute Gasteiger partial charge is 0.338 e. The van der Waals surface area contributed by atoms with Crippen molar-refractivity contribution in [1.82, 2.24) is 4.90 Å². The third-order valence-electron chi connectivity index (χ3n) is 5.12. The minimum atomic E-state index is 0.540. The zero-order chi connectivity index (χ0) is 19.2. The van der Waals surface area contributed by atoms with Gasteiger partial charge in [-0.1, -0.05) is 38.1 Å². The lowest BCUT2D eigenvalue weighted by Crippen LogP contribution is -3.13. The molecule has 1 fully saturated rings. The highest BCUT2D eigenvalue weighted by atomic mass is 32.1. The number of piperazine rings is 1. The van der Waals surface area contributed by atoms with E-state index in [-0.39, 0.29) is 0 Å². The molecule has 4 nitrogen and oxygen atoms in total. The maximum absolute atomic E-state index is 8.90. The smallest absolute Gasteiger partial charge is 0.173 e. The maximum Gasteiger partial charge on any atom is 0.173 e. The summed E-state index contributed by atoms with van der Waals surface area (Å²) in [5.41, 5.74) is 4.39. The standard InChI is InChI=1S/C22H26N4S/c1-17(2)20-7-9-21(10-8-20)24-22(27)26-13-11-25(12-14-26)16-19-5-3-18(15-23)4-6-19/h3-10,17H,11-14,16H2,1-2H3,(H,24,27)/p+1. The van der Waals surface area contributed by atoms with Crippen LogP contribution >= 0.6 is 12.2 Å². The van der Waals surface area contributed by atoms with Crippen LogP contribution in [0.5, 0.6) is 0 Å². The molecule has 27 heavy (non-hydrogen) atoms. The molecule has 0 unspecified atom stereocenters. The highest BCUT2D eigenvalue weighted by molar-refractivity contribution is 7.80. The van der Waals surface area contributed by atoms with Crippen LogP contribution in [0.25, 0.3) is 0 Å². The van der Waals surface area contributed by atoms with Crippen LogP contribution in [0.1, 0.15) is 36.5 Å². The lowest BCUT2D eigenvalue weighted by Gasteiger charge is -2.34. The minimum Gasteiger partial charge on any atom is -0.338 e. The van der Waals surface area contributed by atoms with Gasteiger partial charge in [0.05, 0.1) is 37.8 Å². The second-order valence-corrected chi connectivity index (χ2v) is 7.82. The van der Waals surface area contributed by atoms with Crippen molar-refractivity contribution in [3.05, 3.63) is 65.2 Å². The Morgan fingerprint density at radius 2 is 1.74 bits per heavy atom. The molecule has 1 heterocycles. The van der Waals surface area contributed by atoms with Crippen molar-refractivity contribution in [1.29, 1.82) is 5.26 Å². The number of rotatable bonds is 4. The molecule has 0 atom stereocenters. The topological polar surface area (TPSA) is 43.5 Å². The fourth-order valence-electron chi connectivity index (χ4n) is 3.34. The minimum absolute atomic E-state index is 0.540. The number of anilines is 1. The summed E-state index contributed by atoms with van der Waals surface area (Å²) in [6, 6.07) is 18.6. The molecule has 5 heteroatoms. The first kappa shape index (κ1) is 19.3. The van der Waals surface area contributed by atoms with Gasteiger partial charge in [-0.15, -0.1) is 0 Å². The van der Waals surface area contributed by atoms with Crippen molar-refractivity contribution >= 4 is 23.0 Å². The van der Waals surface area contributed by atoms with Crippen LogP contribution in [0.2, 0.25) is 0 Å². The number of benzene rings is 2. The number of hydrogen-bond donors (Lipinski definition) is 2. The van der Waals surface area contributed by atoms with Gasteiger partial charge in [-0.2, -0.15) is 5.26 Å². The van der Waals surface area contributed by atoms with Crippen LogP contribution in [0, 0.1) is 11.3 Å². The third kappa shape index (κ3) is 5.29. The molecule has 2 N–H and O–H groups in total. The van der Waals surface area contributed by atoms with Crippen molar-refractivity contribution in [3.63, 3.8) is 0 Å². The summed E-state index contributed by atoms with van der Waals surface area (Å²) in [6.07, 6.45) is 0. The van der Waals surface area contributed by atoms with Gasteiger partial charge in [-0.05, 0) is 48.0 Å². The zero-order valence-electron chi connectivity index (χ0n) is 16.0. The summed E-state index contributed by atoms with van der Waals surface area (Å²) < 4.78 is 0. The van der Waals surface area contributed by atoms with Crippen molar-refractivity contribution in [2.75, 3.05) is 31.5 Å². The van der Waals surface area contributed by atoms with Crippen molar-refractivity contribution in [2.24, 2.45) is 0 Å². The highest BCUT2D eigenvalue weighted by Crippen LogP contribution is 2.17. The van der Waals surface area contributed by atoms with E-state index in [1.54, 1.807) is 4.90 Å². The van der Waals surface area contributed by atoms with Crippen molar-refractivity contribution < 1.29 is 4.90 Å². The fourth-order valence-corrected chi connectivity index (χ4v) is 3.64. The van der Waals surface area contributed by atoms with Gasteiger partial charge in [-0.25, -0.2) is 0 Å². The highest BCUT2D eigenvalue weighted by Gasteiger charge is 2.22. The summed E-state index contributed by atoms with van der Waals surface area (Å²) in [7, 11) is 0. The first-order chi connectivity index (χ1) is 13.0. The zero-order valence-corrected chi connectivity index (χ0v) is 16.9. The predicted octanol–water partition coefficient (Wildman–Crippen LogP) is 2.78. The van der Waals surface area contributed by atoms with Gasteiger partial charge in [-0.3, -0.25) is 0 Å². The molecule has 2 aromatic rings. The molecule has 0 radical (unpaired) electrons. The Kier molecular flexibility index (Phi) is 6.44. The Balaban J connectivity index is 1.47. The lowest BCUT2D eigenvalue weighted by atomic mass is 10.0. The first-order valence-electron chi connectivity index (χ1n) is 9.53. The van der Waals surface area contributed by atoms with E-state index in [0.717, 1.165) is 49.1 Å². The van der Waals surface area contributed by atoms with E-state index in [1.807, 2.05) is 12.1 Å². The molecule has 1 aliphatic heterocycles. The van der Waals surface area contributed by atoms with Crippen LogP contribution in [-0.4, -0.2) is 36.2 Å². The lowest BCUT2D eigenvalue weighted by molar-refractivity contribution is -0.917. The molecular weight excluding hydrogens is 352 g/mol. The Bertz CT molecular complexity index is 798. The number of quaternary nitrogens is 1. The molecule has 140 valence electrons. The van der Waals surface area contributed by atoms with E-state index >= 15 is 0 Å². The molecule has 0 spiro atoms. The van der Waals surface area contributed by atoms with E-state index in [1.165, 1.54) is 11.1 Å². The Hall–Kier alpha value is -2.42. The molecule has 0 bridgehead atoms. The average molecular weight is 380 g/mol. The Morgan fingerprint density at radius 1 is 1.11 bits per heavy atom. The monoisotopic (exact) mass is 379 g/mol. The molecular formula is C22H27N4S+. The predicted molar refractivity (Wildman–Crippen MR) is 114 cm³/mol. The maximum atomic E-state index is 8.90. The van der Waals surface area contributed by atoms with Crippen LogP contribution in [0.4, 0.5) is 5.69 Å².